The normalized spacial score (nSPS) is 19.0. The maximum atomic E-state index is 12.4. The topological polar surface area (TPSA) is 49.4 Å². The Labute approximate surface area is 143 Å². The van der Waals surface area contributed by atoms with Crippen LogP contribution >= 0.6 is 0 Å². The predicted octanol–water partition coefficient (Wildman–Crippen LogP) is 3.56. The maximum Gasteiger partial charge on any atom is 0.251 e. The molecule has 0 unspecified atom stereocenters. The van der Waals surface area contributed by atoms with Crippen molar-refractivity contribution < 1.29 is 9.59 Å². The SMILES string of the molecule is CN1C(=O)C(C)(C)c2cc(C(=O)NCCC3=CCCCC3)ccc21. The molecular formula is C20H26N2O2. The number of likely N-dealkylation sites (N-methyl/N-ethyl adjacent to an activating group) is 1. The molecule has 0 saturated heterocycles. The molecule has 3 rings (SSSR count). The third-order valence-electron chi connectivity index (χ3n) is 5.25. The average Bonchev–Trinajstić information content (AvgIpc) is 2.76. The van der Waals surface area contributed by atoms with E-state index in [9.17, 15) is 9.59 Å². The molecule has 0 radical (unpaired) electrons. The van der Waals surface area contributed by atoms with Gasteiger partial charge in [0.15, 0.2) is 0 Å². The van der Waals surface area contributed by atoms with Crippen molar-refractivity contribution in [2.45, 2.75) is 51.4 Å². The molecule has 1 aliphatic heterocycles. The molecule has 24 heavy (non-hydrogen) atoms. The van der Waals surface area contributed by atoms with E-state index in [4.69, 9.17) is 0 Å². The van der Waals surface area contributed by atoms with Gasteiger partial charge in [0.1, 0.15) is 0 Å². The van der Waals surface area contributed by atoms with Gasteiger partial charge in [-0.15, -0.1) is 0 Å². The summed E-state index contributed by atoms with van der Waals surface area (Å²) in [5.74, 6) is 0.00584. The van der Waals surface area contributed by atoms with E-state index in [0.717, 1.165) is 24.1 Å². The molecule has 0 atom stereocenters. The van der Waals surface area contributed by atoms with Crippen molar-refractivity contribution in [2.24, 2.45) is 0 Å². The van der Waals surface area contributed by atoms with Crippen LogP contribution in [0.15, 0.2) is 29.8 Å². The largest absolute Gasteiger partial charge is 0.352 e. The van der Waals surface area contributed by atoms with Crippen LogP contribution in [0.25, 0.3) is 0 Å². The smallest absolute Gasteiger partial charge is 0.251 e. The van der Waals surface area contributed by atoms with Crippen LogP contribution in [0.3, 0.4) is 0 Å². The summed E-state index contributed by atoms with van der Waals surface area (Å²) in [6.45, 7) is 4.49. The lowest BCUT2D eigenvalue weighted by Gasteiger charge is -2.17. The number of nitrogens with one attached hydrogen (secondary N) is 1. The number of nitrogens with zero attached hydrogens (tertiary/aromatic N) is 1. The molecule has 1 N–H and O–H groups in total. The van der Waals surface area contributed by atoms with Crippen LogP contribution in [0, 0.1) is 0 Å². The molecule has 4 nitrogen and oxygen atoms in total. The van der Waals surface area contributed by atoms with Crippen LogP contribution < -0.4 is 10.2 Å². The van der Waals surface area contributed by atoms with Crippen molar-refractivity contribution in [3.8, 4) is 0 Å². The van der Waals surface area contributed by atoms with Crippen molar-refractivity contribution in [3.05, 3.63) is 41.0 Å². The van der Waals surface area contributed by atoms with E-state index in [1.54, 1.807) is 18.0 Å². The van der Waals surface area contributed by atoms with Gasteiger partial charge in [0.25, 0.3) is 5.91 Å². The highest BCUT2D eigenvalue weighted by molar-refractivity contribution is 6.08. The van der Waals surface area contributed by atoms with Crippen molar-refractivity contribution in [2.75, 3.05) is 18.5 Å². The zero-order valence-electron chi connectivity index (χ0n) is 14.8. The van der Waals surface area contributed by atoms with E-state index in [0.29, 0.717) is 12.1 Å². The fourth-order valence-electron chi connectivity index (χ4n) is 3.68. The second-order valence-electron chi connectivity index (χ2n) is 7.34. The summed E-state index contributed by atoms with van der Waals surface area (Å²) < 4.78 is 0. The number of carbonyl (C=O) groups excluding carboxylic acids is 2. The standard InChI is InChI=1S/C20H26N2O2/c1-20(2)16-13-15(9-10-17(16)22(3)19(20)24)18(23)21-12-11-14-7-5-4-6-8-14/h7,9-10,13H,4-6,8,11-12H2,1-3H3,(H,21,23). The Morgan fingerprint density at radius 3 is 2.79 bits per heavy atom. The second-order valence-corrected chi connectivity index (χ2v) is 7.34. The van der Waals surface area contributed by atoms with E-state index < -0.39 is 5.41 Å². The van der Waals surface area contributed by atoms with E-state index in [1.165, 1.54) is 24.8 Å². The van der Waals surface area contributed by atoms with Gasteiger partial charge in [-0.3, -0.25) is 9.59 Å². The van der Waals surface area contributed by atoms with Crippen LogP contribution in [0.4, 0.5) is 5.69 Å². The van der Waals surface area contributed by atoms with Gasteiger partial charge < -0.3 is 10.2 Å². The second kappa shape index (κ2) is 6.42. The molecule has 128 valence electrons. The van der Waals surface area contributed by atoms with Crippen molar-refractivity contribution >= 4 is 17.5 Å². The molecule has 0 aromatic heterocycles. The minimum atomic E-state index is -0.576. The van der Waals surface area contributed by atoms with Gasteiger partial charge in [-0.2, -0.15) is 0 Å². The van der Waals surface area contributed by atoms with Gasteiger partial charge in [0.05, 0.1) is 5.41 Å². The van der Waals surface area contributed by atoms with Crippen LogP contribution in [0.1, 0.15) is 61.9 Å². The third kappa shape index (κ3) is 2.97. The molecule has 2 amide bonds. The molecule has 1 heterocycles. The van der Waals surface area contributed by atoms with Gasteiger partial charge in [-0.1, -0.05) is 11.6 Å². The Bertz CT molecular complexity index is 704. The van der Waals surface area contributed by atoms with Crippen LogP contribution in [-0.4, -0.2) is 25.4 Å². The highest BCUT2D eigenvalue weighted by Crippen LogP contribution is 2.41. The Balaban J connectivity index is 1.67. The molecule has 0 spiro atoms. The van der Waals surface area contributed by atoms with Crippen LogP contribution in [0.5, 0.6) is 0 Å². The number of benzene rings is 1. The van der Waals surface area contributed by atoms with Crippen molar-refractivity contribution in [1.82, 2.24) is 5.32 Å². The first-order valence-electron chi connectivity index (χ1n) is 8.80. The van der Waals surface area contributed by atoms with Gasteiger partial charge in [0.2, 0.25) is 5.91 Å². The lowest BCUT2D eigenvalue weighted by Crippen LogP contribution is -2.33. The molecule has 0 saturated carbocycles. The molecular weight excluding hydrogens is 300 g/mol. The zero-order valence-corrected chi connectivity index (χ0v) is 14.8. The minimum Gasteiger partial charge on any atom is -0.352 e. The molecule has 2 aliphatic rings. The van der Waals surface area contributed by atoms with Crippen LogP contribution in [0.2, 0.25) is 0 Å². The van der Waals surface area contributed by atoms with Gasteiger partial charge in [-0.05, 0) is 69.7 Å². The quantitative estimate of drug-likeness (QED) is 0.860. The number of allylic oxidation sites excluding steroid dienone is 1. The summed E-state index contributed by atoms with van der Waals surface area (Å²) in [6, 6.07) is 5.55. The Morgan fingerprint density at radius 1 is 1.29 bits per heavy atom. The summed E-state index contributed by atoms with van der Waals surface area (Å²) in [5.41, 5.74) is 3.34. The summed E-state index contributed by atoms with van der Waals surface area (Å²) in [6.07, 6.45) is 8.13. The molecule has 1 aliphatic carbocycles. The highest BCUT2D eigenvalue weighted by atomic mass is 16.2. The first-order valence-corrected chi connectivity index (χ1v) is 8.80. The van der Waals surface area contributed by atoms with E-state index in [-0.39, 0.29) is 11.8 Å². The third-order valence-corrected chi connectivity index (χ3v) is 5.25. The van der Waals surface area contributed by atoms with Crippen molar-refractivity contribution in [1.29, 1.82) is 0 Å². The van der Waals surface area contributed by atoms with Crippen LogP contribution in [-0.2, 0) is 10.2 Å². The minimum absolute atomic E-state index is 0.0630. The predicted molar refractivity (Wildman–Crippen MR) is 96.4 cm³/mol. The molecule has 1 aromatic carbocycles. The fourth-order valence-corrected chi connectivity index (χ4v) is 3.68. The monoisotopic (exact) mass is 326 g/mol. The molecule has 1 aromatic rings. The maximum absolute atomic E-state index is 12.4. The lowest BCUT2D eigenvalue weighted by molar-refractivity contribution is -0.121. The Kier molecular flexibility index (Phi) is 4.48. The van der Waals surface area contributed by atoms with Gasteiger partial charge in [0, 0.05) is 24.8 Å². The van der Waals surface area contributed by atoms with Gasteiger partial charge >= 0.3 is 0 Å². The molecule has 0 bridgehead atoms. The number of amides is 2. The number of carbonyl (C=O) groups is 2. The number of fused-ring (bicyclic) bond motifs is 1. The number of anilines is 1. The number of rotatable bonds is 4. The first-order chi connectivity index (χ1) is 11.4. The number of hydrogen-bond acceptors (Lipinski definition) is 2. The van der Waals surface area contributed by atoms with Gasteiger partial charge in [-0.25, -0.2) is 0 Å². The zero-order chi connectivity index (χ0) is 17.3. The summed E-state index contributed by atoms with van der Waals surface area (Å²) in [5, 5.41) is 3.01. The van der Waals surface area contributed by atoms with E-state index >= 15 is 0 Å². The molecule has 4 heteroatoms. The summed E-state index contributed by atoms with van der Waals surface area (Å²) in [7, 11) is 1.79. The lowest BCUT2D eigenvalue weighted by atomic mass is 9.85. The summed E-state index contributed by atoms with van der Waals surface area (Å²) >= 11 is 0. The number of hydrogen-bond donors (Lipinski definition) is 1. The highest BCUT2D eigenvalue weighted by Gasteiger charge is 2.42. The molecule has 0 fully saturated rings. The Hall–Kier alpha value is -2.10. The fraction of sp³-hybridized carbons (Fsp3) is 0.500. The first kappa shape index (κ1) is 16.7. The van der Waals surface area contributed by atoms with E-state index in [1.807, 2.05) is 26.0 Å². The Morgan fingerprint density at radius 2 is 2.08 bits per heavy atom. The average molecular weight is 326 g/mol. The summed E-state index contributed by atoms with van der Waals surface area (Å²) in [4.78, 5) is 26.4. The van der Waals surface area contributed by atoms with Crippen molar-refractivity contribution in [3.63, 3.8) is 0 Å². The van der Waals surface area contributed by atoms with E-state index in [2.05, 4.69) is 11.4 Å².